The molecule has 2 aromatic carbocycles. The third-order valence-corrected chi connectivity index (χ3v) is 5.22. The van der Waals surface area contributed by atoms with Crippen molar-refractivity contribution >= 4 is 23.8 Å². The van der Waals surface area contributed by atoms with Crippen molar-refractivity contribution in [1.82, 2.24) is 4.90 Å². The predicted molar refractivity (Wildman–Crippen MR) is 118 cm³/mol. The van der Waals surface area contributed by atoms with Crippen LogP contribution in [0.4, 0.5) is 0 Å². The molecule has 1 aliphatic heterocycles. The van der Waals surface area contributed by atoms with Gasteiger partial charge in [-0.1, -0.05) is 31.2 Å². The molecule has 0 aliphatic carbocycles. The summed E-state index contributed by atoms with van der Waals surface area (Å²) in [7, 11) is 0. The number of benzene rings is 2. The van der Waals surface area contributed by atoms with E-state index >= 15 is 0 Å². The number of esters is 1. The molecule has 3 rings (SSSR count). The Kier molecular flexibility index (Phi) is 7.01. The number of ether oxygens (including phenoxy) is 1. The van der Waals surface area contributed by atoms with E-state index in [1.165, 1.54) is 0 Å². The lowest BCUT2D eigenvalue weighted by molar-refractivity contribution is -0.126. The molecule has 1 atom stereocenters. The molecule has 0 saturated carbocycles. The first kappa shape index (κ1) is 21.3. The fourth-order valence-electron chi connectivity index (χ4n) is 3.61. The third-order valence-electron chi connectivity index (χ3n) is 5.22. The van der Waals surface area contributed by atoms with Crippen LogP contribution in [0, 0.1) is 5.41 Å². The van der Waals surface area contributed by atoms with Crippen molar-refractivity contribution in [2.75, 3.05) is 6.54 Å². The highest BCUT2D eigenvalue weighted by Gasteiger charge is 2.25. The van der Waals surface area contributed by atoms with Crippen LogP contribution in [0.2, 0.25) is 0 Å². The van der Waals surface area contributed by atoms with Crippen LogP contribution in [0.3, 0.4) is 0 Å². The zero-order valence-corrected chi connectivity index (χ0v) is 17.1. The lowest BCUT2D eigenvalue weighted by Gasteiger charge is -2.21. The highest BCUT2D eigenvalue weighted by Crippen LogP contribution is 2.20. The molecule has 0 radical (unpaired) electrons. The van der Waals surface area contributed by atoms with Gasteiger partial charge in [0.05, 0.1) is 11.4 Å². The number of carbonyl (C=O) groups is 2. The van der Waals surface area contributed by atoms with Gasteiger partial charge in [0.1, 0.15) is 5.75 Å². The van der Waals surface area contributed by atoms with Crippen molar-refractivity contribution in [3.05, 3.63) is 71.3 Å². The summed E-state index contributed by atoms with van der Waals surface area (Å²) in [6.07, 6.45) is 6.86. The molecule has 156 valence electrons. The molecule has 0 aromatic heterocycles. The van der Waals surface area contributed by atoms with E-state index in [2.05, 4.69) is 6.92 Å². The average molecular weight is 405 g/mol. The number of hydrogen-bond donors (Lipinski definition) is 2. The van der Waals surface area contributed by atoms with Gasteiger partial charge in [-0.05, 0) is 60.7 Å². The van der Waals surface area contributed by atoms with E-state index in [0.29, 0.717) is 23.8 Å². The number of nitrogens with two attached hydrogens (primary N) is 1. The first-order valence-corrected chi connectivity index (χ1v) is 10.2. The van der Waals surface area contributed by atoms with E-state index < -0.39 is 5.97 Å². The van der Waals surface area contributed by atoms with Crippen molar-refractivity contribution < 1.29 is 14.3 Å². The first-order chi connectivity index (χ1) is 14.5. The Balaban J connectivity index is 1.57. The van der Waals surface area contributed by atoms with Gasteiger partial charge in [-0.15, -0.1) is 0 Å². The summed E-state index contributed by atoms with van der Waals surface area (Å²) >= 11 is 0. The number of hydrogen-bond acceptors (Lipinski definition) is 4. The molecule has 30 heavy (non-hydrogen) atoms. The Hall–Kier alpha value is -3.41. The summed E-state index contributed by atoms with van der Waals surface area (Å²) in [4.78, 5) is 26.7. The summed E-state index contributed by atoms with van der Waals surface area (Å²) in [6.45, 7) is 2.93. The quantitative estimate of drug-likeness (QED) is 0.241. The van der Waals surface area contributed by atoms with Crippen LogP contribution >= 0.6 is 0 Å². The van der Waals surface area contributed by atoms with Gasteiger partial charge in [-0.2, -0.15) is 0 Å². The Morgan fingerprint density at radius 3 is 2.50 bits per heavy atom. The molecule has 1 amide bonds. The highest BCUT2D eigenvalue weighted by atomic mass is 16.5. The van der Waals surface area contributed by atoms with Gasteiger partial charge < -0.3 is 15.4 Å². The van der Waals surface area contributed by atoms with E-state index in [4.69, 9.17) is 15.9 Å². The fraction of sp³-hybridized carbons (Fsp3) is 0.292. The Bertz CT molecular complexity index is 933. The molecule has 6 nitrogen and oxygen atoms in total. The standard InChI is InChI=1S/C24H27N3O3/c1-2-20-4-3-15-27(20)23(28)14-9-17-5-10-19(11-6-17)24(29)30-21-12-7-18(8-13-21)16-22(25)26/h5-14,20H,2-4,15-16H2,1H3,(H3,25,26)/b14-9+. The van der Waals surface area contributed by atoms with E-state index in [1.54, 1.807) is 60.7 Å². The molecule has 0 spiro atoms. The number of nitrogens with one attached hydrogen (secondary N) is 1. The maximum Gasteiger partial charge on any atom is 0.343 e. The lowest BCUT2D eigenvalue weighted by Crippen LogP contribution is -2.33. The fourth-order valence-corrected chi connectivity index (χ4v) is 3.61. The van der Waals surface area contributed by atoms with Crippen LogP contribution in [0.25, 0.3) is 6.08 Å². The molecule has 2 aromatic rings. The molecular weight excluding hydrogens is 378 g/mol. The van der Waals surface area contributed by atoms with Crippen molar-refractivity contribution in [1.29, 1.82) is 5.41 Å². The van der Waals surface area contributed by atoms with Gasteiger partial charge in [0, 0.05) is 25.1 Å². The van der Waals surface area contributed by atoms with Crippen molar-refractivity contribution in [3.63, 3.8) is 0 Å². The van der Waals surface area contributed by atoms with Gasteiger partial charge in [0.25, 0.3) is 0 Å². The van der Waals surface area contributed by atoms with Gasteiger partial charge >= 0.3 is 5.97 Å². The summed E-state index contributed by atoms with van der Waals surface area (Å²) in [5.41, 5.74) is 7.54. The number of rotatable bonds is 7. The number of likely N-dealkylation sites (tertiary alicyclic amines) is 1. The van der Waals surface area contributed by atoms with Gasteiger partial charge in [-0.25, -0.2) is 4.79 Å². The van der Waals surface area contributed by atoms with Crippen molar-refractivity contribution in [2.45, 2.75) is 38.6 Å². The summed E-state index contributed by atoms with van der Waals surface area (Å²) in [5, 5.41) is 7.31. The average Bonchev–Trinajstić information content (AvgIpc) is 3.22. The van der Waals surface area contributed by atoms with E-state index in [1.807, 2.05) is 4.90 Å². The number of amides is 1. The minimum Gasteiger partial charge on any atom is -0.423 e. The molecule has 6 heteroatoms. The van der Waals surface area contributed by atoms with Crippen molar-refractivity contribution in [3.8, 4) is 5.75 Å². The third kappa shape index (κ3) is 5.56. The van der Waals surface area contributed by atoms with Gasteiger partial charge in [0.2, 0.25) is 5.91 Å². The monoisotopic (exact) mass is 405 g/mol. The Morgan fingerprint density at radius 1 is 1.17 bits per heavy atom. The topological polar surface area (TPSA) is 96.5 Å². The second kappa shape index (κ2) is 9.87. The Labute approximate surface area is 176 Å². The molecule has 1 fully saturated rings. The van der Waals surface area contributed by atoms with Crippen LogP contribution in [-0.2, 0) is 11.2 Å². The molecule has 0 bridgehead atoms. The number of nitrogens with zero attached hydrogens (tertiary/aromatic N) is 1. The SMILES string of the molecule is CCC1CCCN1C(=O)/C=C/c1ccc(C(=O)Oc2ccc(CC(=N)N)cc2)cc1. The second-order valence-corrected chi connectivity index (χ2v) is 7.43. The van der Waals surface area contributed by atoms with E-state index in [0.717, 1.165) is 36.9 Å². The molecule has 3 N–H and O–H groups in total. The van der Waals surface area contributed by atoms with Crippen LogP contribution < -0.4 is 10.5 Å². The maximum atomic E-state index is 12.4. The van der Waals surface area contributed by atoms with Gasteiger partial charge in [0.15, 0.2) is 0 Å². The zero-order valence-electron chi connectivity index (χ0n) is 17.1. The maximum absolute atomic E-state index is 12.4. The lowest BCUT2D eigenvalue weighted by atomic mass is 10.1. The Morgan fingerprint density at radius 2 is 1.87 bits per heavy atom. The minimum absolute atomic E-state index is 0.0380. The summed E-state index contributed by atoms with van der Waals surface area (Å²) in [5.74, 6) is 0.0963. The highest BCUT2D eigenvalue weighted by molar-refractivity contribution is 5.93. The van der Waals surface area contributed by atoms with Crippen LogP contribution in [0.15, 0.2) is 54.6 Å². The molecule has 1 saturated heterocycles. The van der Waals surface area contributed by atoms with Gasteiger partial charge in [-0.3, -0.25) is 10.2 Å². The molecular formula is C24H27N3O3. The zero-order chi connectivity index (χ0) is 21.5. The number of carbonyl (C=O) groups excluding carboxylic acids is 2. The second-order valence-electron chi connectivity index (χ2n) is 7.43. The van der Waals surface area contributed by atoms with Crippen LogP contribution in [0.1, 0.15) is 47.7 Å². The van der Waals surface area contributed by atoms with Crippen LogP contribution in [-0.4, -0.2) is 35.2 Å². The number of amidine groups is 1. The predicted octanol–water partition coefficient (Wildman–Crippen LogP) is 3.80. The smallest absolute Gasteiger partial charge is 0.343 e. The minimum atomic E-state index is -0.455. The molecule has 1 heterocycles. The largest absolute Gasteiger partial charge is 0.423 e. The summed E-state index contributed by atoms with van der Waals surface area (Å²) in [6, 6.07) is 14.2. The van der Waals surface area contributed by atoms with E-state index in [-0.39, 0.29) is 11.7 Å². The molecule has 1 unspecified atom stereocenters. The summed E-state index contributed by atoms with van der Waals surface area (Å²) < 4.78 is 5.39. The van der Waals surface area contributed by atoms with Crippen molar-refractivity contribution in [2.24, 2.45) is 5.73 Å². The van der Waals surface area contributed by atoms with Crippen LogP contribution in [0.5, 0.6) is 5.75 Å². The first-order valence-electron chi connectivity index (χ1n) is 10.2. The van der Waals surface area contributed by atoms with E-state index in [9.17, 15) is 9.59 Å². The normalized spacial score (nSPS) is 16.0. The molecule has 1 aliphatic rings.